The Morgan fingerprint density at radius 1 is 1.47 bits per heavy atom. The van der Waals surface area contributed by atoms with Crippen LogP contribution in [0.2, 0.25) is 0 Å². The minimum Gasteiger partial charge on any atom is -0.495 e. The van der Waals surface area contributed by atoms with Crippen LogP contribution in [0.5, 0.6) is 5.75 Å². The van der Waals surface area contributed by atoms with Crippen LogP contribution in [-0.4, -0.2) is 44.5 Å². The molecule has 1 unspecified atom stereocenters. The van der Waals surface area contributed by atoms with E-state index in [-0.39, 0.29) is 12.5 Å². The first-order valence-corrected chi connectivity index (χ1v) is 5.97. The van der Waals surface area contributed by atoms with E-state index < -0.39 is 6.10 Å². The molecule has 0 radical (unpaired) electrons. The summed E-state index contributed by atoms with van der Waals surface area (Å²) >= 11 is 0. The Morgan fingerprint density at radius 2 is 2.21 bits per heavy atom. The molecule has 19 heavy (non-hydrogen) atoms. The predicted octanol–water partition coefficient (Wildman–Crippen LogP) is 0.405. The molecular weight excluding hydrogens is 248 g/mol. The molecule has 1 atom stereocenters. The van der Waals surface area contributed by atoms with E-state index in [2.05, 4.69) is 5.32 Å². The lowest BCUT2D eigenvalue weighted by Gasteiger charge is -2.11. The standard InChI is InChI=1S/C13H20N2O4/c1-18-8-10(16)5-6-15-13(17)9-3-4-11(14)12(7-9)19-2/h3-4,7,10,16H,5-6,8,14H2,1-2H3,(H,15,17). The summed E-state index contributed by atoms with van der Waals surface area (Å²) in [6.07, 6.45) is -0.141. The van der Waals surface area contributed by atoms with Gasteiger partial charge in [0.2, 0.25) is 0 Å². The SMILES string of the molecule is COCC(O)CCNC(=O)c1ccc(N)c(OC)c1. The largest absolute Gasteiger partial charge is 0.495 e. The van der Waals surface area contributed by atoms with E-state index in [1.165, 1.54) is 14.2 Å². The normalized spacial score (nSPS) is 11.9. The van der Waals surface area contributed by atoms with Crippen LogP contribution in [0.15, 0.2) is 18.2 Å². The van der Waals surface area contributed by atoms with Crippen LogP contribution in [0.25, 0.3) is 0 Å². The van der Waals surface area contributed by atoms with Crippen molar-refractivity contribution >= 4 is 11.6 Å². The number of nitrogens with two attached hydrogens (primary N) is 1. The van der Waals surface area contributed by atoms with Crippen molar-refractivity contribution in [2.75, 3.05) is 33.1 Å². The topological polar surface area (TPSA) is 93.8 Å². The second-order valence-electron chi connectivity index (χ2n) is 4.11. The Morgan fingerprint density at radius 3 is 2.84 bits per heavy atom. The number of aliphatic hydroxyl groups excluding tert-OH is 1. The van der Waals surface area contributed by atoms with Crippen LogP contribution in [0, 0.1) is 0 Å². The molecule has 0 saturated heterocycles. The molecule has 0 aliphatic heterocycles. The third-order valence-electron chi connectivity index (χ3n) is 2.62. The van der Waals surface area contributed by atoms with Crippen molar-refractivity contribution in [2.24, 2.45) is 0 Å². The molecule has 0 spiro atoms. The number of carbonyl (C=O) groups excluding carboxylic acids is 1. The van der Waals surface area contributed by atoms with Crippen LogP contribution in [0.1, 0.15) is 16.8 Å². The summed E-state index contributed by atoms with van der Waals surface area (Å²) in [4.78, 5) is 11.8. The molecule has 0 bridgehead atoms. The number of nitrogens with one attached hydrogen (secondary N) is 1. The van der Waals surface area contributed by atoms with Crippen LogP contribution >= 0.6 is 0 Å². The molecule has 1 aromatic rings. The maximum atomic E-state index is 11.8. The highest BCUT2D eigenvalue weighted by Crippen LogP contribution is 2.21. The number of nitrogen functional groups attached to an aromatic ring is 1. The highest BCUT2D eigenvalue weighted by molar-refractivity contribution is 5.95. The van der Waals surface area contributed by atoms with Gasteiger partial charge in [0.15, 0.2) is 0 Å². The molecule has 6 heteroatoms. The van der Waals surface area contributed by atoms with Gasteiger partial charge in [-0.3, -0.25) is 4.79 Å². The van der Waals surface area contributed by atoms with Crippen molar-refractivity contribution in [3.05, 3.63) is 23.8 Å². The summed E-state index contributed by atoms with van der Waals surface area (Å²) in [5.41, 5.74) is 6.62. The molecule has 0 saturated carbocycles. The number of methoxy groups -OCH3 is 2. The van der Waals surface area contributed by atoms with Crippen molar-refractivity contribution in [3.63, 3.8) is 0 Å². The monoisotopic (exact) mass is 268 g/mol. The van der Waals surface area contributed by atoms with E-state index in [1.54, 1.807) is 18.2 Å². The Balaban J connectivity index is 2.49. The van der Waals surface area contributed by atoms with Gasteiger partial charge in [-0.05, 0) is 24.6 Å². The lowest BCUT2D eigenvalue weighted by molar-refractivity contribution is 0.0587. The van der Waals surface area contributed by atoms with Crippen LogP contribution in [0.3, 0.4) is 0 Å². The lowest BCUT2D eigenvalue weighted by atomic mass is 10.1. The third-order valence-corrected chi connectivity index (χ3v) is 2.62. The van der Waals surface area contributed by atoms with Crippen molar-refractivity contribution in [1.82, 2.24) is 5.32 Å². The fourth-order valence-corrected chi connectivity index (χ4v) is 1.58. The van der Waals surface area contributed by atoms with Gasteiger partial charge in [0, 0.05) is 19.2 Å². The zero-order chi connectivity index (χ0) is 14.3. The van der Waals surface area contributed by atoms with Gasteiger partial charge in [-0.25, -0.2) is 0 Å². The molecule has 4 N–H and O–H groups in total. The maximum absolute atomic E-state index is 11.8. The van der Waals surface area contributed by atoms with Gasteiger partial charge in [-0.2, -0.15) is 0 Å². The Labute approximate surface area is 112 Å². The molecule has 0 aromatic heterocycles. The van der Waals surface area contributed by atoms with Crippen molar-refractivity contribution in [1.29, 1.82) is 0 Å². The van der Waals surface area contributed by atoms with Crippen molar-refractivity contribution in [3.8, 4) is 5.75 Å². The zero-order valence-electron chi connectivity index (χ0n) is 11.2. The number of benzene rings is 1. The number of anilines is 1. The second-order valence-corrected chi connectivity index (χ2v) is 4.11. The van der Waals surface area contributed by atoms with E-state index in [4.69, 9.17) is 15.2 Å². The number of rotatable bonds is 7. The molecule has 0 heterocycles. The van der Waals surface area contributed by atoms with Gasteiger partial charge in [0.25, 0.3) is 5.91 Å². The quantitative estimate of drug-likeness (QED) is 0.622. The number of amides is 1. The molecule has 0 aliphatic rings. The first-order valence-electron chi connectivity index (χ1n) is 5.97. The number of aliphatic hydroxyl groups is 1. The molecule has 6 nitrogen and oxygen atoms in total. The molecule has 1 rings (SSSR count). The van der Waals surface area contributed by atoms with Crippen LogP contribution < -0.4 is 15.8 Å². The number of carbonyl (C=O) groups is 1. The molecule has 106 valence electrons. The van der Waals surface area contributed by atoms with Gasteiger partial charge in [-0.1, -0.05) is 0 Å². The summed E-state index contributed by atoms with van der Waals surface area (Å²) < 4.78 is 9.85. The molecular formula is C13H20N2O4. The van der Waals surface area contributed by atoms with Gasteiger partial charge >= 0.3 is 0 Å². The van der Waals surface area contributed by atoms with Crippen LogP contribution in [0.4, 0.5) is 5.69 Å². The summed E-state index contributed by atoms with van der Waals surface area (Å²) in [6, 6.07) is 4.82. The van der Waals surface area contributed by atoms with Crippen molar-refractivity contribution < 1.29 is 19.4 Å². The van der Waals surface area contributed by atoms with E-state index >= 15 is 0 Å². The number of hydrogen-bond acceptors (Lipinski definition) is 5. The van der Waals surface area contributed by atoms with Gasteiger partial charge in [0.05, 0.1) is 25.5 Å². The number of ether oxygens (including phenoxy) is 2. The minimum atomic E-state index is -0.578. The smallest absolute Gasteiger partial charge is 0.251 e. The molecule has 0 fully saturated rings. The zero-order valence-corrected chi connectivity index (χ0v) is 11.2. The lowest BCUT2D eigenvalue weighted by Crippen LogP contribution is -2.28. The Bertz CT molecular complexity index is 423. The summed E-state index contributed by atoms with van der Waals surface area (Å²) in [7, 11) is 3.01. The fourth-order valence-electron chi connectivity index (χ4n) is 1.58. The summed E-state index contributed by atoms with van der Waals surface area (Å²) in [5.74, 6) is 0.231. The van der Waals surface area contributed by atoms with Gasteiger partial charge in [0.1, 0.15) is 5.75 Å². The minimum absolute atomic E-state index is 0.233. The maximum Gasteiger partial charge on any atom is 0.251 e. The first-order chi connectivity index (χ1) is 9.08. The third kappa shape index (κ3) is 4.76. The van der Waals surface area contributed by atoms with E-state index in [9.17, 15) is 9.90 Å². The Hall–Kier alpha value is -1.79. The Kier molecular flexibility index (Phi) is 6.11. The van der Waals surface area contributed by atoms with E-state index in [1.807, 2.05) is 0 Å². The average Bonchev–Trinajstić information content (AvgIpc) is 2.39. The summed E-state index contributed by atoms with van der Waals surface area (Å²) in [6.45, 7) is 0.627. The van der Waals surface area contributed by atoms with Crippen molar-refractivity contribution in [2.45, 2.75) is 12.5 Å². The summed E-state index contributed by atoms with van der Waals surface area (Å²) in [5, 5.41) is 12.1. The van der Waals surface area contributed by atoms with Gasteiger partial charge in [-0.15, -0.1) is 0 Å². The highest BCUT2D eigenvalue weighted by Gasteiger charge is 2.09. The molecule has 1 aromatic carbocycles. The number of hydrogen-bond donors (Lipinski definition) is 3. The van der Waals surface area contributed by atoms with Gasteiger partial charge < -0.3 is 25.6 Å². The highest BCUT2D eigenvalue weighted by atomic mass is 16.5. The first kappa shape index (κ1) is 15.3. The predicted molar refractivity (Wildman–Crippen MR) is 72.2 cm³/mol. The average molecular weight is 268 g/mol. The van der Waals surface area contributed by atoms with Crippen LogP contribution in [-0.2, 0) is 4.74 Å². The molecule has 1 amide bonds. The molecule has 0 aliphatic carbocycles. The fraction of sp³-hybridized carbons (Fsp3) is 0.462. The van der Waals surface area contributed by atoms with E-state index in [0.717, 1.165) is 0 Å². The van der Waals surface area contributed by atoms with E-state index in [0.29, 0.717) is 30.0 Å². The second kappa shape index (κ2) is 7.60.